The summed E-state index contributed by atoms with van der Waals surface area (Å²) in [4.78, 5) is 4.03. The zero-order valence-corrected chi connectivity index (χ0v) is 11.6. The second kappa shape index (κ2) is 5.96. The van der Waals surface area contributed by atoms with Gasteiger partial charge in [0.15, 0.2) is 11.6 Å². The third-order valence-corrected chi connectivity index (χ3v) is 3.01. The van der Waals surface area contributed by atoms with Crippen LogP contribution >= 0.6 is 15.9 Å². The van der Waals surface area contributed by atoms with Gasteiger partial charge in [0.1, 0.15) is 0 Å². The Balaban J connectivity index is 2.01. The number of rotatable bonds is 4. The van der Waals surface area contributed by atoms with Crippen molar-refractivity contribution in [2.75, 3.05) is 5.32 Å². The Hall–Kier alpha value is -1.42. The van der Waals surface area contributed by atoms with E-state index in [1.54, 1.807) is 6.20 Å². The molecule has 2 rings (SSSR count). The van der Waals surface area contributed by atoms with Gasteiger partial charge in [-0.25, -0.2) is 9.37 Å². The summed E-state index contributed by atoms with van der Waals surface area (Å²) in [6.45, 7) is 2.01. The summed E-state index contributed by atoms with van der Waals surface area (Å²) < 4.78 is 14.2. The molecule has 0 bridgehead atoms. The molecule has 1 unspecified atom stereocenters. The summed E-state index contributed by atoms with van der Waals surface area (Å²) in [5.74, 6) is -0.0501. The average molecular weight is 309 g/mol. The summed E-state index contributed by atoms with van der Waals surface area (Å²) in [7, 11) is 0. The van der Waals surface area contributed by atoms with Gasteiger partial charge < -0.3 is 5.32 Å². The van der Waals surface area contributed by atoms with Gasteiger partial charge in [0.2, 0.25) is 0 Å². The van der Waals surface area contributed by atoms with Crippen LogP contribution in [0.25, 0.3) is 0 Å². The van der Waals surface area contributed by atoms with E-state index in [1.807, 2.05) is 25.1 Å². The maximum atomic E-state index is 13.6. The molecule has 4 heteroatoms. The molecular weight excluding hydrogens is 295 g/mol. The number of pyridine rings is 1. The number of aromatic nitrogens is 1. The first-order valence-corrected chi connectivity index (χ1v) is 6.56. The van der Waals surface area contributed by atoms with Crippen LogP contribution in [0, 0.1) is 5.82 Å². The monoisotopic (exact) mass is 308 g/mol. The van der Waals surface area contributed by atoms with E-state index in [2.05, 4.69) is 38.4 Å². The molecular formula is C14H14BrFN2. The normalized spacial score (nSPS) is 12.2. The highest BCUT2D eigenvalue weighted by Crippen LogP contribution is 2.17. The van der Waals surface area contributed by atoms with Gasteiger partial charge >= 0.3 is 0 Å². The van der Waals surface area contributed by atoms with E-state index >= 15 is 0 Å². The number of nitrogens with zero attached hydrogens (tertiary/aromatic N) is 1. The van der Waals surface area contributed by atoms with Crippen molar-refractivity contribution in [2.45, 2.75) is 19.4 Å². The maximum Gasteiger partial charge on any atom is 0.166 e. The highest BCUT2D eigenvalue weighted by Gasteiger charge is 2.08. The van der Waals surface area contributed by atoms with Crippen LogP contribution in [0.1, 0.15) is 12.5 Å². The van der Waals surface area contributed by atoms with Crippen LogP contribution in [0.4, 0.5) is 10.2 Å². The van der Waals surface area contributed by atoms with E-state index in [0.29, 0.717) is 10.3 Å². The highest BCUT2D eigenvalue weighted by molar-refractivity contribution is 9.10. The van der Waals surface area contributed by atoms with Gasteiger partial charge in [-0.15, -0.1) is 0 Å². The fourth-order valence-corrected chi connectivity index (χ4v) is 2.08. The van der Waals surface area contributed by atoms with Crippen molar-refractivity contribution in [3.63, 3.8) is 0 Å². The molecule has 0 amide bonds. The van der Waals surface area contributed by atoms with Crippen molar-refractivity contribution in [1.82, 2.24) is 4.98 Å². The number of hydrogen-bond acceptors (Lipinski definition) is 2. The Kier molecular flexibility index (Phi) is 4.31. The lowest BCUT2D eigenvalue weighted by atomic mass is 10.1. The largest absolute Gasteiger partial charge is 0.365 e. The molecule has 1 aromatic heterocycles. The zero-order chi connectivity index (χ0) is 13.0. The van der Waals surface area contributed by atoms with Gasteiger partial charge in [-0.2, -0.15) is 0 Å². The Morgan fingerprint density at radius 2 is 2.06 bits per heavy atom. The molecule has 1 atom stereocenters. The minimum atomic E-state index is -0.343. The highest BCUT2D eigenvalue weighted by atomic mass is 79.9. The molecule has 1 heterocycles. The van der Waals surface area contributed by atoms with Crippen LogP contribution in [0.5, 0.6) is 0 Å². The Bertz CT molecular complexity index is 516. The fourth-order valence-electron chi connectivity index (χ4n) is 1.77. The van der Waals surface area contributed by atoms with Crippen LogP contribution in [0.15, 0.2) is 47.1 Å². The molecule has 1 N–H and O–H groups in total. The van der Waals surface area contributed by atoms with E-state index in [9.17, 15) is 4.39 Å². The summed E-state index contributed by atoms with van der Waals surface area (Å²) in [6, 6.07) is 11.6. The van der Waals surface area contributed by atoms with Crippen LogP contribution in [0.2, 0.25) is 0 Å². The molecule has 0 aliphatic heterocycles. The molecule has 0 saturated heterocycles. The first-order chi connectivity index (χ1) is 8.65. The zero-order valence-electron chi connectivity index (χ0n) is 10.0. The van der Waals surface area contributed by atoms with Gasteiger partial charge in [-0.1, -0.05) is 30.3 Å². The number of benzene rings is 1. The molecule has 1 aromatic carbocycles. The molecule has 0 radical (unpaired) electrons. The summed E-state index contributed by atoms with van der Waals surface area (Å²) in [5, 5.41) is 3.08. The van der Waals surface area contributed by atoms with E-state index < -0.39 is 0 Å². The summed E-state index contributed by atoms with van der Waals surface area (Å²) >= 11 is 3.19. The topological polar surface area (TPSA) is 24.9 Å². The van der Waals surface area contributed by atoms with Crippen molar-refractivity contribution in [3.8, 4) is 0 Å². The molecule has 0 aliphatic carbocycles. The first-order valence-electron chi connectivity index (χ1n) is 5.76. The summed E-state index contributed by atoms with van der Waals surface area (Å²) in [6.07, 6.45) is 2.42. The molecule has 0 spiro atoms. The average Bonchev–Trinajstić information content (AvgIpc) is 2.34. The van der Waals surface area contributed by atoms with Gasteiger partial charge in [-0.3, -0.25) is 0 Å². The fraction of sp³-hybridized carbons (Fsp3) is 0.214. The van der Waals surface area contributed by atoms with Crippen molar-refractivity contribution in [2.24, 2.45) is 0 Å². The van der Waals surface area contributed by atoms with Crippen molar-refractivity contribution in [1.29, 1.82) is 0 Å². The minimum Gasteiger partial charge on any atom is -0.365 e. The first kappa shape index (κ1) is 13.0. The second-order valence-corrected chi connectivity index (χ2v) is 5.13. The Labute approximate surface area is 114 Å². The van der Waals surface area contributed by atoms with Gasteiger partial charge in [0.25, 0.3) is 0 Å². The molecule has 2 aromatic rings. The lowest BCUT2D eigenvalue weighted by Crippen LogP contribution is -2.19. The third-order valence-electron chi connectivity index (χ3n) is 2.58. The third kappa shape index (κ3) is 3.53. The van der Waals surface area contributed by atoms with Crippen LogP contribution in [0.3, 0.4) is 0 Å². The lowest BCUT2D eigenvalue weighted by molar-refractivity contribution is 0.618. The number of halogens is 2. The summed E-state index contributed by atoms with van der Waals surface area (Å²) in [5.41, 5.74) is 1.22. The van der Waals surface area contributed by atoms with Crippen molar-refractivity contribution in [3.05, 3.63) is 58.4 Å². The van der Waals surface area contributed by atoms with Crippen molar-refractivity contribution >= 4 is 21.7 Å². The number of nitrogens with one attached hydrogen (secondary N) is 1. The standard InChI is InChI=1S/C14H14BrFN2/c1-10(7-11-5-3-2-4-6-11)18-14-13(16)8-12(15)9-17-14/h2-6,8-10H,7H2,1H3,(H,17,18). The molecule has 0 fully saturated rings. The molecule has 0 saturated carbocycles. The lowest BCUT2D eigenvalue weighted by Gasteiger charge is -2.15. The second-order valence-electron chi connectivity index (χ2n) is 4.22. The van der Waals surface area contributed by atoms with Crippen LogP contribution < -0.4 is 5.32 Å². The number of anilines is 1. The van der Waals surface area contributed by atoms with Gasteiger partial charge in [0, 0.05) is 16.7 Å². The smallest absolute Gasteiger partial charge is 0.166 e. The van der Waals surface area contributed by atoms with E-state index in [1.165, 1.54) is 11.6 Å². The SMILES string of the molecule is CC(Cc1ccccc1)Nc1ncc(Br)cc1F. The quantitative estimate of drug-likeness (QED) is 0.922. The van der Waals surface area contributed by atoms with Crippen LogP contribution in [-0.4, -0.2) is 11.0 Å². The van der Waals surface area contributed by atoms with E-state index in [0.717, 1.165) is 6.42 Å². The van der Waals surface area contributed by atoms with E-state index in [-0.39, 0.29) is 11.9 Å². The van der Waals surface area contributed by atoms with E-state index in [4.69, 9.17) is 0 Å². The van der Waals surface area contributed by atoms with Gasteiger partial charge in [0.05, 0.1) is 0 Å². The Morgan fingerprint density at radius 3 is 2.72 bits per heavy atom. The molecule has 18 heavy (non-hydrogen) atoms. The van der Waals surface area contributed by atoms with Gasteiger partial charge in [-0.05, 0) is 40.9 Å². The molecule has 0 aliphatic rings. The van der Waals surface area contributed by atoms with Crippen molar-refractivity contribution < 1.29 is 4.39 Å². The predicted molar refractivity (Wildman–Crippen MR) is 75.1 cm³/mol. The molecule has 2 nitrogen and oxygen atoms in total. The maximum absolute atomic E-state index is 13.6. The predicted octanol–water partition coefficient (Wildman–Crippen LogP) is 4.03. The number of hydrogen-bond donors (Lipinski definition) is 1. The Morgan fingerprint density at radius 1 is 1.33 bits per heavy atom. The molecule has 94 valence electrons. The minimum absolute atomic E-state index is 0.121. The van der Waals surface area contributed by atoms with Crippen LogP contribution in [-0.2, 0) is 6.42 Å².